The molecule has 0 aromatic carbocycles. The van der Waals surface area contributed by atoms with E-state index in [0.29, 0.717) is 13.0 Å². The number of carbonyl (C=O) groups is 2. The van der Waals surface area contributed by atoms with Crippen molar-refractivity contribution in [3.63, 3.8) is 0 Å². The summed E-state index contributed by atoms with van der Waals surface area (Å²) >= 11 is 0. The van der Waals surface area contributed by atoms with Crippen molar-refractivity contribution in [2.75, 3.05) is 40.5 Å². The molecule has 0 heterocycles. The van der Waals surface area contributed by atoms with E-state index in [2.05, 4.69) is 38.2 Å². The molecule has 0 spiro atoms. The molecular weight excluding hydrogens is 701 g/mol. The Balaban J connectivity index is 4.22. The summed E-state index contributed by atoms with van der Waals surface area (Å²) in [5.41, 5.74) is 0. The summed E-state index contributed by atoms with van der Waals surface area (Å²) in [6, 6.07) is 0. The Morgan fingerprint density at radius 3 is 1.50 bits per heavy atom. The molecule has 10 heteroatoms. The molecule has 0 aromatic rings. The number of carbonyl (C=O) groups excluding carboxylic acids is 2. The molecule has 54 heavy (non-hydrogen) atoms. The fraction of sp³-hybridized carbons (Fsp3) is 0.864. The lowest BCUT2D eigenvalue weighted by Crippen LogP contribution is -2.29. The molecule has 0 fully saturated rings. The number of likely N-dealkylation sites (N-methyl/N-ethyl adjacent to an activating group) is 1. The molecule has 1 N–H and O–H groups in total. The van der Waals surface area contributed by atoms with Gasteiger partial charge in [-0.1, -0.05) is 167 Å². The number of phosphoric acid groups is 1. The molecule has 0 saturated carbocycles. The summed E-state index contributed by atoms with van der Waals surface area (Å²) < 4.78 is 33.4. The van der Waals surface area contributed by atoms with Gasteiger partial charge in [-0.2, -0.15) is 0 Å². The minimum Gasteiger partial charge on any atom is -0.462 e. The van der Waals surface area contributed by atoms with Crippen LogP contribution in [0, 0.1) is 0 Å². The fourth-order valence-electron chi connectivity index (χ4n) is 6.07. The van der Waals surface area contributed by atoms with E-state index in [9.17, 15) is 19.0 Å². The molecule has 0 aromatic heterocycles. The molecule has 0 aliphatic heterocycles. The number of hydrogen-bond acceptors (Lipinski definition) is 8. The Morgan fingerprint density at radius 1 is 0.574 bits per heavy atom. The minimum absolute atomic E-state index is 0.00868. The highest BCUT2D eigenvalue weighted by molar-refractivity contribution is 7.47. The normalized spacial score (nSPS) is 13.6. The van der Waals surface area contributed by atoms with Crippen LogP contribution in [0.25, 0.3) is 0 Å². The number of nitrogens with zero attached hydrogens (tertiary/aromatic N) is 1. The van der Waals surface area contributed by atoms with Crippen molar-refractivity contribution in [1.82, 2.24) is 4.90 Å². The van der Waals surface area contributed by atoms with Crippen LogP contribution in [-0.4, -0.2) is 68.3 Å². The Hall–Kier alpha value is -1.51. The lowest BCUT2D eigenvalue weighted by Gasteiger charge is -2.20. The molecule has 9 nitrogen and oxygen atoms in total. The quantitative estimate of drug-likeness (QED) is 0.0280. The van der Waals surface area contributed by atoms with E-state index < -0.39 is 26.5 Å². The second kappa shape index (κ2) is 39.7. The first-order valence-electron chi connectivity index (χ1n) is 22.1. The van der Waals surface area contributed by atoms with Crippen molar-refractivity contribution in [2.45, 2.75) is 206 Å². The number of esters is 2. The Labute approximate surface area is 332 Å². The monoisotopic (exact) mass is 786 g/mol. The largest absolute Gasteiger partial charge is 0.472 e. The number of hydrogen-bond donors (Lipinski definition) is 1. The van der Waals surface area contributed by atoms with Crippen LogP contribution in [-0.2, 0) is 32.7 Å². The molecule has 0 bridgehead atoms. The number of ether oxygens (including phenoxy) is 2. The third-order valence-electron chi connectivity index (χ3n) is 9.51. The fourth-order valence-corrected chi connectivity index (χ4v) is 6.81. The van der Waals surface area contributed by atoms with Crippen LogP contribution in [0.3, 0.4) is 0 Å². The number of unbranched alkanes of at least 4 members (excludes halogenated alkanes) is 23. The van der Waals surface area contributed by atoms with E-state index in [1.54, 1.807) is 0 Å². The number of rotatable bonds is 41. The van der Waals surface area contributed by atoms with Crippen molar-refractivity contribution < 1.29 is 37.6 Å². The first-order valence-corrected chi connectivity index (χ1v) is 23.6. The lowest BCUT2D eigenvalue weighted by molar-refractivity contribution is -0.161. The highest BCUT2D eigenvalue weighted by atomic mass is 31.2. The zero-order chi connectivity index (χ0) is 39.8. The minimum atomic E-state index is -4.36. The van der Waals surface area contributed by atoms with Crippen LogP contribution in [0.15, 0.2) is 24.3 Å². The van der Waals surface area contributed by atoms with Gasteiger partial charge in [0.25, 0.3) is 0 Å². The zero-order valence-corrected chi connectivity index (χ0v) is 36.3. The average molecular weight is 786 g/mol. The van der Waals surface area contributed by atoms with Gasteiger partial charge in [0.05, 0.1) is 13.2 Å². The van der Waals surface area contributed by atoms with Crippen molar-refractivity contribution in [3.8, 4) is 0 Å². The van der Waals surface area contributed by atoms with Crippen LogP contribution in [0.2, 0.25) is 0 Å². The standard InChI is InChI=1S/C44H84NO8P/c1-5-7-9-11-13-15-17-19-20-21-22-23-24-25-27-28-30-32-34-36-43(46)50-40-42(41-52-54(48,49)51-39-38-45(3)4)53-44(47)37-35-33-31-29-26-18-16-14-12-10-8-6-2/h13,15,19-20,42H,5-12,14,16-18,21-41H2,1-4H3,(H,48,49)/b15-13-,20-19-. The Bertz CT molecular complexity index is 957. The van der Waals surface area contributed by atoms with E-state index in [4.69, 9.17) is 18.5 Å². The molecule has 0 amide bonds. The second-order valence-electron chi connectivity index (χ2n) is 15.2. The van der Waals surface area contributed by atoms with Gasteiger partial charge in [0, 0.05) is 19.4 Å². The Kier molecular flexibility index (Phi) is 38.6. The van der Waals surface area contributed by atoms with E-state index >= 15 is 0 Å². The van der Waals surface area contributed by atoms with Gasteiger partial charge in [0.2, 0.25) is 0 Å². The van der Waals surface area contributed by atoms with Gasteiger partial charge >= 0.3 is 19.8 Å². The Morgan fingerprint density at radius 2 is 1.00 bits per heavy atom. The van der Waals surface area contributed by atoms with E-state index in [-0.39, 0.29) is 32.0 Å². The zero-order valence-electron chi connectivity index (χ0n) is 35.4. The maximum Gasteiger partial charge on any atom is 0.472 e. The van der Waals surface area contributed by atoms with Crippen molar-refractivity contribution >= 4 is 19.8 Å². The summed E-state index contributed by atoms with van der Waals surface area (Å²) in [6.07, 6.45) is 40.7. The second-order valence-corrected chi connectivity index (χ2v) is 16.7. The molecular formula is C44H84NO8P. The summed E-state index contributed by atoms with van der Waals surface area (Å²) in [5.74, 6) is -0.801. The van der Waals surface area contributed by atoms with Crippen molar-refractivity contribution in [3.05, 3.63) is 24.3 Å². The maximum absolute atomic E-state index is 12.6. The van der Waals surface area contributed by atoms with Crippen molar-refractivity contribution in [1.29, 1.82) is 0 Å². The van der Waals surface area contributed by atoms with Crippen molar-refractivity contribution in [2.24, 2.45) is 0 Å². The average Bonchev–Trinajstić information content (AvgIpc) is 3.13. The molecule has 318 valence electrons. The van der Waals surface area contributed by atoms with Gasteiger partial charge in [-0.25, -0.2) is 4.57 Å². The third kappa shape index (κ3) is 40.2. The molecule has 0 radical (unpaired) electrons. The van der Waals surface area contributed by atoms with Gasteiger partial charge in [0.1, 0.15) is 6.61 Å². The van der Waals surface area contributed by atoms with Gasteiger partial charge in [0.15, 0.2) is 6.10 Å². The molecule has 0 saturated heterocycles. The topological polar surface area (TPSA) is 112 Å². The van der Waals surface area contributed by atoms with Crippen LogP contribution in [0.5, 0.6) is 0 Å². The molecule has 0 rings (SSSR count). The highest BCUT2D eigenvalue weighted by Crippen LogP contribution is 2.43. The third-order valence-corrected chi connectivity index (χ3v) is 10.5. The highest BCUT2D eigenvalue weighted by Gasteiger charge is 2.26. The number of allylic oxidation sites excluding steroid dienone is 4. The molecule has 0 aliphatic carbocycles. The summed E-state index contributed by atoms with van der Waals surface area (Å²) in [6.45, 7) is 4.30. The van der Waals surface area contributed by atoms with E-state index in [0.717, 1.165) is 38.5 Å². The van der Waals surface area contributed by atoms with Gasteiger partial charge in [-0.3, -0.25) is 18.6 Å². The van der Waals surface area contributed by atoms with Crippen LogP contribution >= 0.6 is 7.82 Å². The molecule has 0 aliphatic rings. The maximum atomic E-state index is 12.6. The van der Waals surface area contributed by atoms with Crippen LogP contribution < -0.4 is 0 Å². The first-order chi connectivity index (χ1) is 26.2. The lowest BCUT2D eigenvalue weighted by atomic mass is 10.0. The van der Waals surface area contributed by atoms with Gasteiger partial charge in [-0.15, -0.1) is 0 Å². The smallest absolute Gasteiger partial charge is 0.462 e. The number of phosphoric ester groups is 1. The summed E-state index contributed by atoms with van der Waals surface area (Å²) in [5, 5.41) is 0. The molecule has 2 unspecified atom stereocenters. The predicted molar refractivity (Wildman–Crippen MR) is 225 cm³/mol. The van der Waals surface area contributed by atoms with E-state index in [1.165, 1.54) is 128 Å². The predicted octanol–water partition coefficient (Wildman–Crippen LogP) is 12.6. The van der Waals surface area contributed by atoms with Gasteiger partial charge in [-0.05, 0) is 59.0 Å². The molecule has 2 atom stereocenters. The summed E-state index contributed by atoms with van der Waals surface area (Å²) in [4.78, 5) is 37.0. The summed E-state index contributed by atoms with van der Waals surface area (Å²) in [7, 11) is -0.707. The van der Waals surface area contributed by atoms with E-state index in [1.807, 2.05) is 19.0 Å². The first kappa shape index (κ1) is 52.5. The van der Waals surface area contributed by atoms with Crippen LogP contribution in [0.4, 0.5) is 0 Å². The SMILES string of the molecule is CCCCC/C=C\C/C=C\CCCCCCCCCCCC(=O)OCC(COP(=O)(O)OCCN(C)C)OC(=O)CCCCCCCCCCCCCC. The van der Waals surface area contributed by atoms with Gasteiger partial charge < -0.3 is 19.3 Å². The van der Waals surface area contributed by atoms with Crippen LogP contribution in [0.1, 0.15) is 200 Å².